The molecule has 1 spiro atoms. The molecule has 0 saturated heterocycles. The molecule has 1 aliphatic carbocycles. The van der Waals surface area contributed by atoms with Crippen molar-refractivity contribution in [3.63, 3.8) is 0 Å². The quantitative estimate of drug-likeness (QED) is 0.428. The number of hydrogen-bond donors (Lipinski definition) is 0. The number of halogens is 1. The lowest BCUT2D eigenvalue weighted by molar-refractivity contribution is -0.142. The fourth-order valence-electron chi connectivity index (χ4n) is 5.31. The maximum Gasteiger partial charge on any atom is 0.198 e. The van der Waals surface area contributed by atoms with Crippen LogP contribution in [0.1, 0.15) is 61.0 Å². The fourth-order valence-corrected chi connectivity index (χ4v) is 5.61. The summed E-state index contributed by atoms with van der Waals surface area (Å²) in [4.78, 5) is 0. The van der Waals surface area contributed by atoms with E-state index in [1.807, 2.05) is 12.1 Å². The fraction of sp³-hybridized carbons (Fsp3) is 0.320. The molecule has 3 aromatic rings. The second-order valence-corrected chi connectivity index (χ2v) is 9.27. The van der Waals surface area contributed by atoms with Crippen molar-refractivity contribution in [1.29, 1.82) is 0 Å². The van der Waals surface area contributed by atoms with Crippen molar-refractivity contribution in [3.05, 3.63) is 88.3 Å². The molecule has 2 aliphatic heterocycles. The van der Waals surface area contributed by atoms with E-state index in [9.17, 15) is 0 Å². The number of ether oxygens (including phenoxy) is 1. The summed E-state index contributed by atoms with van der Waals surface area (Å²) in [5.41, 5.74) is 3.27. The van der Waals surface area contributed by atoms with Gasteiger partial charge in [-0.25, -0.2) is 5.01 Å². The summed E-state index contributed by atoms with van der Waals surface area (Å²) in [6, 6.07) is 23.4. The molecule has 2 aromatic carbocycles. The van der Waals surface area contributed by atoms with Crippen molar-refractivity contribution in [2.45, 2.75) is 49.8 Å². The third kappa shape index (κ3) is 2.90. The van der Waals surface area contributed by atoms with Crippen LogP contribution in [0.2, 0.25) is 0 Å². The van der Waals surface area contributed by atoms with Crippen molar-refractivity contribution in [2.24, 2.45) is 5.10 Å². The molecule has 1 atom stereocenters. The summed E-state index contributed by atoms with van der Waals surface area (Å²) in [6.45, 7) is 0. The zero-order valence-electron chi connectivity index (χ0n) is 16.6. The van der Waals surface area contributed by atoms with E-state index in [0.29, 0.717) is 5.92 Å². The molecule has 1 aromatic heterocycles. The van der Waals surface area contributed by atoms with Crippen LogP contribution in [0.4, 0.5) is 0 Å². The summed E-state index contributed by atoms with van der Waals surface area (Å²) in [5.74, 6) is 2.43. The van der Waals surface area contributed by atoms with Crippen molar-refractivity contribution >= 4 is 21.6 Å². The van der Waals surface area contributed by atoms with Gasteiger partial charge in [-0.15, -0.1) is 0 Å². The first-order chi connectivity index (χ1) is 14.7. The maximum atomic E-state index is 6.73. The van der Waals surface area contributed by atoms with Crippen LogP contribution in [-0.2, 0) is 0 Å². The van der Waals surface area contributed by atoms with Crippen LogP contribution in [0.5, 0.6) is 5.75 Å². The van der Waals surface area contributed by atoms with Gasteiger partial charge in [0.15, 0.2) is 16.2 Å². The molecule has 0 bridgehead atoms. The molecule has 30 heavy (non-hydrogen) atoms. The smallest absolute Gasteiger partial charge is 0.198 e. The molecule has 1 saturated carbocycles. The van der Waals surface area contributed by atoms with Gasteiger partial charge in [-0.2, -0.15) is 5.10 Å². The van der Waals surface area contributed by atoms with Crippen LogP contribution in [0.15, 0.2) is 80.9 Å². The Balaban J connectivity index is 1.35. The Morgan fingerprint density at radius 2 is 1.70 bits per heavy atom. The van der Waals surface area contributed by atoms with E-state index in [4.69, 9.17) is 14.3 Å². The lowest BCUT2D eigenvalue weighted by atomic mass is 9.78. The highest BCUT2D eigenvalue weighted by Crippen LogP contribution is 2.53. The second-order valence-electron chi connectivity index (χ2n) is 8.49. The minimum atomic E-state index is -0.379. The van der Waals surface area contributed by atoms with E-state index >= 15 is 0 Å². The normalized spacial score (nSPS) is 27.4. The summed E-state index contributed by atoms with van der Waals surface area (Å²) in [7, 11) is 0. The van der Waals surface area contributed by atoms with E-state index in [-0.39, 0.29) is 11.8 Å². The van der Waals surface area contributed by atoms with E-state index < -0.39 is 0 Å². The molecular weight excluding hydrogens is 440 g/mol. The van der Waals surface area contributed by atoms with Crippen LogP contribution in [-0.4, -0.2) is 16.4 Å². The SMILES string of the molecule is Brc1ccc(C2=NN3[C@@H](C2)c2ccccc2OC32CCC(c3ccccc3)CC2)o1. The van der Waals surface area contributed by atoms with Gasteiger partial charge in [0.1, 0.15) is 11.5 Å². The van der Waals surface area contributed by atoms with E-state index in [0.717, 1.165) is 54.0 Å². The number of benzene rings is 2. The van der Waals surface area contributed by atoms with Gasteiger partial charge in [0.05, 0.1) is 6.04 Å². The summed E-state index contributed by atoms with van der Waals surface area (Å²) in [5, 5.41) is 7.33. The van der Waals surface area contributed by atoms with Gasteiger partial charge < -0.3 is 9.15 Å². The molecule has 5 heteroatoms. The molecule has 0 radical (unpaired) electrons. The molecule has 6 rings (SSSR count). The Morgan fingerprint density at radius 3 is 2.47 bits per heavy atom. The monoisotopic (exact) mass is 462 g/mol. The third-order valence-corrected chi connectivity index (χ3v) is 7.23. The summed E-state index contributed by atoms with van der Waals surface area (Å²) >= 11 is 3.42. The van der Waals surface area contributed by atoms with E-state index in [1.165, 1.54) is 11.1 Å². The Kier molecular flexibility index (Phi) is 4.27. The van der Waals surface area contributed by atoms with Gasteiger partial charge in [-0.1, -0.05) is 48.5 Å². The maximum absolute atomic E-state index is 6.73. The first-order valence-electron chi connectivity index (χ1n) is 10.7. The van der Waals surface area contributed by atoms with Crippen LogP contribution >= 0.6 is 15.9 Å². The lowest BCUT2D eigenvalue weighted by Gasteiger charge is -2.50. The Hall–Kier alpha value is -2.53. The topological polar surface area (TPSA) is 38.0 Å². The molecule has 1 fully saturated rings. The zero-order chi connectivity index (χ0) is 20.1. The van der Waals surface area contributed by atoms with Crippen LogP contribution in [0, 0.1) is 0 Å². The van der Waals surface area contributed by atoms with Crippen molar-refractivity contribution in [3.8, 4) is 5.75 Å². The number of furan rings is 1. The summed E-state index contributed by atoms with van der Waals surface area (Å²) in [6.07, 6.45) is 4.98. The minimum absolute atomic E-state index is 0.196. The minimum Gasteiger partial charge on any atom is -0.466 e. The van der Waals surface area contributed by atoms with Crippen molar-refractivity contribution < 1.29 is 9.15 Å². The van der Waals surface area contributed by atoms with Crippen LogP contribution in [0.3, 0.4) is 0 Å². The molecule has 3 aliphatic rings. The van der Waals surface area contributed by atoms with Gasteiger partial charge in [-0.3, -0.25) is 0 Å². The first-order valence-corrected chi connectivity index (χ1v) is 11.5. The highest BCUT2D eigenvalue weighted by Gasteiger charge is 2.52. The largest absolute Gasteiger partial charge is 0.466 e. The average Bonchev–Trinajstić information content (AvgIpc) is 3.42. The molecule has 0 amide bonds. The molecule has 4 nitrogen and oxygen atoms in total. The third-order valence-electron chi connectivity index (χ3n) is 6.80. The summed E-state index contributed by atoms with van der Waals surface area (Å²) < 4.78 is 13.3. The van der Waals surface area contributed by atoms with Gasteiger partial charge >= 0.3 is 0 Å². The number of fused-ring (bicyclic) bond motifs is 4. The number of hydrazone groups is 1. The van der Waals surface area contributed by atoms with Crippen LogP contribution < -0.4 is 4.74 Å². The van der Waals surface area contributed by atoms with Crippen molar-refractivity contribution in [1.82, 2.24) is 5.01 Å². The van der Waals surface area contributed by atoms with E-state index in [2.05, 4.69) is 75.5 Å². The second kappa shape index (κ2) is 7.02. The molecule has 3 heterocycles. The molecule has 0 unspecified atom stereocenters. The van der Waals surface area contributed by atoms with Gasteiger partial charge in [0.25, 0.3) is 0 Å². The zero-order valence-corrected chi connectivity index (χ0v) is 18.2. The number of para-hydroxylation sites is 1. The van der Waals surface area contributed by atoms with Gasteiger partial charge in [0.2, 0.25) is 0 Å². The standard InChI is InChI=1S/C25H23BrN2O2/c26-24-11-10-23(29-24)20-16-21-19-8-4-5-9-22(19)30-25(28(21)27-20)14-12-18(13-15-25)17-6-2-1-3-7-17/h1-11,18,21H,12-16H2/t18?,21-,25?/m0/s1. The predicted octanol–water partition coefficient (Wildman–Crippen LogP) is 6.64. The Morgan fingerprint density at radius 1 is 0.933 bits per heavy atom. The number of hydrogen-bond acceptors (Lipinski definition) is 4. The molecule has 152 valence electrons. The van der Waals surface area contributed by atoms with Gasteiger partial charge in [-0.05, 0) is 58.5 Å². The number of nitrogens with zero attached hydrogens (tertiary/aromatic N) is 2. The predicted molar refractivity (Wildman–Crippen MR) is 120 cm³/mol. The Bertz CT molecular complexity index is 1100. The lowest BCUT2D eigenvalue weighted by Crippen LogP contribution is -2.55. The highest BCUT2D eigenvalue weighted by atomic mass is 79.9. The van der Waals surface area contributed by atoms with Crippen molar-refractivity contribution in [2.75, 3.05) is 0 Å². The van der Waals surface area contributed by atoms with E-state index in [1.54, 1.807) is 0 Å². The Labute approximate surface area is 184 Å². The molecule has 0 N–H and O–H groups in total. The highest BCUT2D eigenvalue weighted by molar-refractivity contribution is 9.10. The van der Waals surface area contributed by atoms with Gasteiger partial charge in [0, 0.05) is 24.8 Å². The van der Waals surface area contributed by atoms with Crippen LogP contribution in [0.25, 0.3) is 0 Å². The first kappa shape index (κ1) is 18.3. The average molecular weight is 463 g/mol. The number of rotatable bonds is 2. The molecular formula is C25H23BrN2O2.